The van der Waals surface area contributed by atoms with Crippen LogP contribution in [0.2, 0.25) is 0 Å². The monoisotopic (exact) mass is 407 g/mol. The largest absolute Gasteiger partial charge is 0.481 e. The summed E-state index contributed by atoms with van der Waals surface area (Å²) in [6.45, 7) is 5.03. The van der Waals surface area contributed by atoms with Crippen molar-refractivity contribution in [3.63, 3.8) is 0 Å². The molecule has 0 radical (unpaired) electrons. The summed E-state index contributed by atoms with van der Waals surface area (Å²) in [4.78, 5) is 13.7. The Morgan fingerprint density at radius 3 is 2.45 bits per heavy atom. The minimum Gasteiger partial charge on any atom is -0.481 e. The highest BCUT2D eigenvalue weighted by atomic mass is 19.4. The van der Waals surface area contributed by atoms with E-state index in [1.165, 1.54) is 11.6 Å². The van der Waals surface area contributed by atoms with Gasteiger partial charge >= 0.3 is 12.1 Å². The number of halogens is 3. The van der Waals surface area contributed by atoms with Crippen LogP contribution in [0.4, 0.5) is 18.9 Å². The Morgan fingerprint density at radius 2 is 1.93 bits per heavy atom. The number of alkyl halides is 3. The number of allylic oxidation sites excluding steroid dienone is 3. The molecule has 1 aromatic carbocycles. The molecular weight excluding hydrogens is 379 g/mol. The standard InChI is InChI=1S/C23H28F3NO2/c1-15(2)16-7-11-20(12-8-16)27-13-3-4-18(14-21(28)29)22(27)17-5-9-19(10-6-17)23(24,25)26/h5,7-12,15,17-18,22H,3-4,6,13-14H2,1-2H3,(H,28,29)/t17?,18-,22+/m1/s1. The molecule has 3 atom stereocenters. The first-order valence-electron chi connectivity index (χ1n) is 10.2. The van der Waals surface area contributed by atoms with Crippen LogP contribution in [0.25, 0.3) is 0 Å². The molecular formula is C23H28F3NO2. The van der Waals surface area contributed by atoms with Gasteiger partial charge in [0, 0.05) is 24.2 Å². The van der Waals surface area contributed by atoms with Crippen LogP contribution in [0, 0.1) is 11.8 Å². The van der Waals surface area contributed by atoms with Gasteiger partial charge in [-0.1, -0.05) is 44.2 Å². The van der Waals surface area contributed by atoms with Crippen LogP contribution < -0.4 is 4.90 Å². The number of carboxylic acid groups (broad SMARTS) is 1. The minimum atomic E-state index is -4.35. The van der Waals surface area contributed by atoms with Gasteiger partial charge in [0.1, 0.15) is 0 Å². The zero-order valence-electron chi connectivity index (χ0n) is 16.8. The maximum Gasteiger partial charge on any atom is 0.416 e. The zero-order chi connectivity index (χ0) is 21.2. The van der Waals surface area contributed by atoms with Crippen LogP contribution in [0.15, 0.2) is 48.1 Å². The molecule has 1 aromatic rings. The summed E-state index contributed by atoms with van der Waals surface area (Å²) in [6, 6.07) is 8.13. The van der Waals surface area contributed by atoms with Crippen LogP contribution >= 0.6 is 0 Å². The quantitative estimate of drug-likeness (QED) is 0.657. The third kappa shape index (κ3) is 5.03. The summed E-state index contributed by atoms with van der Waals surface area (Å²) in [5.74, 6) is -0.687. The maximum absolute atomic E-state index is 13.0. The molecule has 1 saturated heterocycles. The third-order valence-electron chi connectivity index (χ3n) is 6.04. The molecule has 1 N–H and O–H groups in total. The average Bonchev–Trinajstić information content (AvgIpc) is 2.67. The van der Waals surface area contributed by atoms with Gasteiger partial charge in [-0.05, 0) is 48.8 Å². The van der Waals surface area contributed by atoms with E-state index in [-0.39, 0.29) is 30.7 Å². The van der Waals surface area contributed by atoms with Crippen molar-refractivity contribution in [3.8, 4) is 0 Å². The second-order valence-electron chi connectivity index (χ2n) is 8.35. The Hall–Kier alpha value is -2.24. The summed E-state index contributed by atoms with van der Waals surface area (Å²) in [5, 5.41) is 9.39. The van der Waals surface area contributed by atoms with E-state index in [4.69, 9.17) is 0 Å². The Balaban J connectivity index is 1.89. The normalized spacial score (nSPS) is 25.2. The van der Waals surface area contributed by atoms with Crippen molar-refractivity contribution < 1.29 is 23.1 Å². The number of carbonyl (C=O) groups is 1. The fourth-order valence-electron chi connectivity index (χ4n) is 4.58. The van der Waals surface area contributed by atoms with Gasteiger partial charge in [-0.15, -0.1) is 0 Å². The number of hydrogen-bond acceptors (Lipinski definition) is 2. The number of hydrogen-bond donors (Lipinski definition) is 1. The van der Waals surface area contributed by atoms with Crippen molar-refractivity contribution in [1.29, 1.82) is 0 Å². The van der Waals surface area contributed by atoms with Crippen molar-refractivity contribution in [2.45, 2.75) is 57.7 Å². The van der Waals surface area contributed by atoms with Crippen molar-refractivity contribution in [1.82, 2.24) is 0 Å². The van der Waals surface area contributed by atoms with Gasteiger partial charge in [-0.2, -0.15) is 13.2 Å². The number of benzene rings is 1. The van der Waals surface area contributed by atoms with E-state index in [0.29, 0.717) is 5.92 Å². The molecule has 1 aliphatic heterocycles. The Labute approximate surface area is 169 Å². The molecule has 2 aliphatic rings. The van der Waals surface area contributed by atoms with E-state index in [9.17, 15) is 23.1 Å². The van der Waals surface area contributed by atoms with Gasteiger partial charge in [0.2, 0.25) is 0 Å². The van der Waals surface area contributed by atoms with E-state index in [0.717, 1.165) is 31.1 Å². The molecule has 1 aliphatic carbocycles. The average molecular weight is 407 g/mol. The van der Waals surface area contributed by atoms with Gasteiger partial charge in [0.25, 0.3) is 0 Å². The Kier molecular flexibility index (Phi) is 6.39. The zero-order valence-corrected chi connectivity index (χ0v) is 16.8. The van der Waals surface area contributed by atoms with E-state index in [1.54, 1.807) is 6.08 Å². The number of carboxylic acids is 1. The molecule has 3 rings (SSSR count). The minimum absolute atomic E-state index is 0.0332. The van der Waals surface area contributed by atoms with E-state index < -0.39 is 17.7 Å². The lowest BCUT2D eigenvalue weighted by atomic mass is 9.76. The summed E-state index contributed by atoms with van der Waals surface area (Å²) >= 11 is 0. The fraction of sp³-hybridized carbons (Fsp3) is 0.522. The number of aliphatic carboxylic acids is 1. The van der Waals surface area contributed by atoms with Gasteiger partial charge in [0.05, 0.1) is 12.0 Å². The van der Waals surface area contributed by atoms with Crippen molar-refractivity contribution in [2.75, 3.05) is 11.4 Å². The molecule has 158 valence electrons. The van der Waals surface area contributed by atoms with Gasteiger partial charge < -0.3 is 10.0 Å². The molecule has 0 bridgehead atoms. The van der Waals surface area contributed by atoms with Crippen molar-refractivity contribution in [3.05, 3.63) is 53.6 Å². The summed E-state index contributed by atoms with van der Waals surface area (Å²) in [7, 11) is 0. The third-order valence-corrected chi connectivity index (χ3v) is 6.04. The first-order valence-corrected chi connectivity index (χ1v) is 10.2. The SMILES string of the molecule is CC(C)c1ccc(N2CCC[C@H](CC(=O)O)[C@@H]2C2C=CC(C(F)(F)F)=CC2)cc1. The highest BCUT2D eigenvalue weighted by Crippen LogP contribution is 2.40. The Morgan fingerprint density at radius 1 is 1.24 bits per heavy atom. The number of piperidine rings is 1. The first kappa shape index (κ1) is 21.5. The molecule has 0 aromatic heterocycles. The molecule has 0 saturated carbocycles. The van der Waals surface area contributed by atoms with Crippen LogP contribution in [0.1, 0.15) is 51.0 Å². The number of nitrogens with zero attached hydrogens (tertiary/aromatic N) is 1. The number of anilines is 1. The number of rotatable bonds is 5. The summed E-state index contributed by atoms with van der Waals surface area (Å²) < 4.78 is 39.0. The summed E-state index contributed by atoms with van der Waals surface area (Å²) in [6.07, 6.45) is 1.64. The van der Waals surface area contributed by atoms with Crippen molar-refractivity contribution >= 4 is 11.7 Å². The predicted octanol–water partition coefficient (Wildman–Crippen LogP) is 5.93. The molecule has 0 spiro atoms. The maximum atomic E-state index is 13.0. The topological polar surface area (TPSA) is 40.5 Å². The molecule has 6 heteroatoms. The van der Waals surface area contributed by atoms with Crippen LogP contribution in [0.3, 0.4) is 0 Å². The second-order valence-corrected chi connectivity index (χ2v) is 8.35. The lowest BCUT2D eigenvalue weighted by Crippen LogP contribution is -2.50. The summed E-state index contributed by atoms with van der Waals surface area (Å²) in [5.41, 5.74) is 1.61. The fourth-order valence-corrected chi connectivity index (χ4v) is 4.58. The molecule has 3 nitrogen and oxygen atoms in total. The predicted molar refractivity (Wildman–Crippen MR) is 108 cm³/mol. The molecule has 1 unspecified atom stereocenters. The lowest BCUT2D eigenvalue weighted by Gasteiger charge is -2.46. The second kappa shape index (κ2) is 8.64. The Bertz CT molecular complexity index is 780. The van der Waals surface area contributed by atoms with E-state index in [2.05, 4.69) is 43.0 Å². The lowest BCUT2D eigenvalue weighted by molar-refractivity contribution is -0.138. The van der Waals surface area contributed by atoms with Gasteiger partial charge in [-0.3, -0.25) is 4.79 Å². The molecule has 1 heterocycles. The van der Waals surface area contributed by atoms with E-state index >= 15 is 0 Å². The van der Waals surface area contributed by atoms with E-state index in [1.807, 2.05) is 0 Å². The first-order chi connectivity index (χ1) is 13.7. The smallest absolute Gasteiger partial charge is 0.416 e. The van der Waals surface area contributed by atoms with Gasteiger partial charge in [-0.25, -0.2) is 0 Å². The molecule has 29 heavy (non-hydrogen) atoms. The highest BCUT2D eigenvalue weighted by molar-refractivity contribution is 5.67. The van der Waals surface area contributed by atoms with Crippen molar-refractivity contribution in [2.24, 2.45) is 11.8 Å². The van der Waals surface area contributed by atoms with Crippen LogP contribution in [-0.2, 0) is 4.79 Å². The van der Waals surface area contributed by atoms with Crippen LogP contribution in [0.5, 0.6) is 0 Å². The molecule has 0 amide bonds. The van der Waals surface area contributed by atoms with Crippen LogP contribution in [-0.4, -0.2) is 29.8 Å². The highest BCUT2D eigenvalue weighted by Gasteiger charge is 2.39. The molecule has 1 fully saturated rings. The van der Waals surface area contributed by atoms with Gasteiger partial charge in [0.15, 0.2) is 0 Å².